The number of amidine groups is 1. The predicted molar refractivity (Wildman–Crippen MR) is 180 cm³/mol. The summed E-state index contributed by atoms with van der Waals surface area (Å²) in [5.41, 5.74) is 8.26. The number of furan rings is 1. The van der Waals surface area contributed by atoms with E-state index in [9.17, 15) is 0 Å². The topological polar surface area (TPSA) is 37.9 Å². The van der Waals surface area contributed by atoms with Gasteiger partial charge in [0, 0.05) is 27.4 Å². The van der Waals surface area contributed by atoms with Gasteiger partial charge in [-0.2, -0.15) is 0 Å². The molecule has 1 aliphatic heterocycles. The van der Waals surface area contributed by atoms with Crippen LogP contribution in [0.5, 0.6) is 0 Å². The minimum Gasteiger partial charge on any atom is -0.456 e. The van der Waals surface area contributed by atoms with E-state index in [1.54, 1.807) is 0 Å². The molecule has 206 valence electrons. The molecular formula is C39H27ClN2O. The van der Waals surface area contributed by atoms with E-state index in [1.807, 2.05) is 30.3 Å². The minimum absolute atomic E-state index is 0.152. The Morgan fingerprint density at radius 3 is 2.19 bits per heavy atom. The molecule has 1 atom stereocenters. The van der Waals surface area contributed by atoms with Gasteiger partial charge in [-0.25, -0.2) is 4.99 Å². The SMILES string of the molecule is Clc1cc(C2CCC(c3ccc(-c4ccccc4)cc3)=NC(c3cccc4ccccc34)=N2)c2c(c1)oc1ccccc12. The maximum Gasteiger partial charge on any atom is 0.156 e. The Morgan fingerprint density at radius 2 is 1.33 bits per heavy atom. The number of hydrogen-bond acceptors (Lipinski definition) is 3. The second-order valence-electron chi connectivity index (χ2n) is 11.0. The molecule has 6 aromatic carbocycles. The third-order valence-corrected chi connectivity index (χ3v) is 8.58. The minimum atomic E-state index is -0.152. The fourth-order valence-electron chi connectivity index (χ4n) is 6.28. The van der Waals surface area contributed by atoms with Gasteiger partial charge in [0.05, 0.1) is 11.8 Å². The van der Waals surface area contributed by atoms with Crippen LogP contribution in [0.2, 0.25) is 5.02 Å². The highest BCUT2D eigenvalue weighted by molar-refractivity contribution is 6.31. The third-order valence-electron chi connectivity index (χ3n) is 8.36. The summed E-state index contributed by atoms with van der Waals surface area (Å²) in [5, 5.41) is 5.09. The number of nitrogens with zero attached hydrogens (tertiary/aromatic N) is 2. The van der Waals surface area contributed by atoms with Gasteiger partial charge in [-0.15, -0.1) is 0 Å². The maximum absolute atomic E-state index is 6.70. The van der Waals surface area contributed by atoms with Gasteiger partial charge in [-0.1, -0.05) is 127 Å². The van der Waals surface area contributed by atoms with Crippen molar-refractivity contribution in [3.8, 4) is 11.1 Å². The normalized spacial score (nSPS) is 15.4. The quantitative estimate of drug-likeness (QED) is 0.206. The molecule has 7 aromatic rings. The number of benzene rings is 6. The lowest BCUT2D eigenvalue weighted by molar-refractivity contribution is 0.664. The smallest absolute Gasteiger partial charge is 0.156 e. The zero-order valence-electron chi connectivity index (χ0n) is 23.4. The first-order chi connectivity index (χ1) is 21.2. The molecule has 0 saturated carbocycles. The predicted octanol–water partition coefficient (Wildman–Crippen LogP) is 10.8. The van der Waals surface area contributed by atoms with Crippen molar-refractivity contribution in [2.24, 2.45) is 9.98 Å². The molecule has 0 bridgehead atoms. The summed E-state index contributed by atoms with van der Waals surface area (Å²) in [6.07, 6.45) is 1.57. The maximum atomic E-state index is 6.70. The molecule has 0 N–H and O–H groups in total. The fraction of sp³-hybridized carbons (Fsp3) is 0.0769. The molecule has 8 rings (SSSR count). The van der Waals surface area contributed by atoms with Crippen molar-refractivity contribution >= 4 is 55.9 Å². The van der Waals surface area contributed by atoms with Crippen LogP contribution in [0, 0.1) is 0 Å². The van der Waals surface area contributed by atoms with Crippen molar-refractivity contribution in [1.29, 1.82) is 0 Å². The van der Waals surface area contributed by atoms with Crippen LogP contribution in [0.3, 0.4) is 0 Å². The molecule has 0 fully saturated rings. The Labute approximate surface area is 254 Å². The summed E-state index contributed by atoms with van der Waals surface area (Å²) in [4.78, 5) is 10.7. The summed E-state index contributed by atoms with van der Waals surface area (Å²) < 4.78 is 6.24. The molecule has 0 saturated heterocycles. The van der Waals surface area contributed by atoms with Crippen LogP contribution in [0.4, 0.5) is 0 Å². The van der Waals surface area contributed by atoms with Crippen molar-refractivity contribution in [1.82, 2.24) is 0 Å². The van der Waals surface area contributed by atoms with Crippen LogP contribution in [0.25, 0.3) is 43.8 Å². The zero-order valence-corrected chi connectivity index (χ0v) is 24.1. The highest BCUT2D eigenvalue weighted by Crippen LogP contribution is 2.40. The zero-order chi connectivity index (χ0) is 28.8. The Bertz CT molecular complexity index is 2190. The average molecular weight is 575 g/mol. The molecule has 1 unspecified atom stereocenters. The van der Waals surface area contributed by atoms with E-state index in [0.29, 0.717) is 5.02 Å². The second kappa shape index (κ2) is 10.7. The second-order valence-corrected chi connectivity index (χ2v) is 11.4. The van der Waals surface area contributed by atoms with Gasteiger partial charge in [0.2, 0.25) is 0 Å². The van der Waals surface area contributed by atoms with E-state index < -0.39 is 0 Å². The summed E-state index contributed by atoms with van der Waals surface area (Å²) in [6, 6.07) is 46.0. The molecule has 0 radical (unpaired) electrons. The van der Waals surface area contributed by atoms with E-state index in [4.69, 9.17) is 26.0 Å². The largest absolute Gasteiger partial charge is 0.456 e. The lowest BCUT2D eigenvalue weighted by atomic mass is 9.94. The summed E-state index contributed by atoms with van der Waals surface area (Å²) in [5.74, 6) is 0.738. The molecule has 0 aliphatic carbocycles. The highest BCUT2D eigenvalue weighted by Gasteiger charge is 2.24. The number of hydrogen-bond donors (Lipinski definition) is 0. The number of para-hydroxylation sites is 1. The van der Waals surface area contributed by atoms with Gasteiger partial charge in [0.15, 0.2) is 5.84 Å². The monoisotopic (exact) mass is 574 g/mol. The number of fused-ring (bicyclic) bond motifs is 4. The summed E-state index contributed by atoms with van der Waals surface area (Å²) >= 11 is 6.70. The van der Waals surface area contributed by atoms with Crippen LogP contribution in [-0.4, -0.2) is 11.5 Å². The van der Waals surface area contributed by atoms with Gasteiger partial charge in [0.1, 0.15) is 11.2 Å². The number of aliphatic imine (C=N–C) groups is 2. The van der Waals surface area contributed by atoms with Gasteiger partial charge < -0.3 is 4.42 Å². The highest BCUT2D eigenvalue weighted by atomic mass is 35.5. The van der Waals surface area contributed by atoms with Crippen LogP contribution in [0.15, 0.2) is 148 Å². The first-order valence-corrected chi connectivity index (χ1v) is 15.0. The van der Waals surface area contributed by atoms with Crippen LogP contribution >= 0.6 is 11.6 Å². The molecule has 3 nitrogen and oxygen atoms in total. The van der Waals surface area contributed by atoms with Crippen LogP contribution < -0.4 is 0 Å². The van der Waals surface area contributed by atoms with Gasteiger partial charge in [0.25, 0.3) is 0 Å². The lowest BCUT2D eigenvalue weighted by Crippen LogP contribution is -2.05. The fourth-order valence-corrected chi connectivity index (χ4v) is 6.50. The molecule has 4 heteroatoms. The Morgan fingerprint density at radius 1 is 0.628 bits per heavy atom. The van der Waals surface area contributed by atoms with E-state index in [2.05, 4.69) is 103 Å². The van der Waals surface area contributed by atoms with Crippen molar-refractivity contribution < 1.29 is 4.42 Å². The third kappa shape index (κ3) is 4.72. The Kier molecular flexibility index (Phi) is 6.39. The van der Waals surface area contributed by atoms with Crippen molar-refractivity contribution in [3.63, 3.8) is 0 Å². The van der Waals surface area contributed by atoms with Crippen LogP contribution in [-0.2, 0) is 0 Å². The standard InChI is InChI=1S/C39H27ClN2O/c40-29-23-33(38-32-14-6-7-16-36(32)43-37(38)24-29)35-22-21-34(28-19-17-26(18-20-28)25-9-2-1-3-10-25)41-39(42-35)31-15-8-12-27-11-4-5-13-30(27)31/h1-20,23-24,35H,21-22H2. The van der Waals surface area contributed by atoms with Gasteiger partial charge in [-0.3, -0.25) is 4.99 Å². The molecule has 0 spiro atoms. The summed E-state index contributed by atoms with van der Waals surface area (Å²) in [6.45, 7) is 0. The molecule has 1 aromatic heterocycles. The first kappa shape index (κ1) is 25.7. The number of halogens is 1. The van der Waals surface area contributed by atoms with E-state index in [-0.39, 0.29) is 6.04 Å². The Balaban J connectivity index is 1.29. The van der Waals surface area contributed by atoms with E-state index in [1.165, 1.54) is 16.5 Å². The molecule has 1 aliphatic rings. The van der Waals surface area contributed by atoms with Gasteiger partial charge >= 0.3 is 0 Å². The summed E-state index contributed by atoms with van der Waals surface area (Å²) in [7, 11) is 0. The molecule has 2 heterocycles. The van der Waals surface area contributed by atoms with E-state index >= 15 is 0 Å². The molecular weight excluding hydrogens is 548 g/mol. The van der Waals surface area contributed by atoms with E-state index in [0.717, 1.165) is 68.4 Å². The molecule has 43 heavy (non-hydrogen) atoms. The lowest BCUT2D eigenvalue weighted by Gasteiger charge is -2.14. The first-order valence-electron chi connectivity index (χ1n) is 14.6. The molecule has 0 amide bonds. The van der Waals surface area contributed by atoms with Gasteiger partial charge in [-0.05, 0) is 58.0 Å². The van der Waals surface area contributed by atoms with Crippen molar-refractivity contribution in [3.05, 3.63) is 155 Å². The Hall–Kier alpha value is -4.99. The van der Waals surface area contributed by atoms with Crippen LogP contribution in [0.1, 0.15) is 35.6 Å². The van der Waals surface area contributed by atoms with Crippen molar-refractivity contribution in [2.75, 3.05) is 0 Å². The number of rotatable bonds is 4. The van der Waals surface area contributed by atoms with Crippen molar-refractivity contribution in [2.45, 2.75) is 18.9 Å². The average Bonchev–Trinajstić information content (AvgIpc) is 3.28.